The second-order valence-corrected chi connectivity index (χ2v) is 5.27. The van der Waals surface area contributed by atoms with Gasteiger partial charge in [-0.3, -0.25) is 0 Å². The van der Waals surface area contributed by atoms with Crippen LogP contribution in [-0.2, 0) is 0 Å². The molecule has 0 aromatic heterocycles. The summed E-state index contributed by atoms with van der Waals surface area (Å²) in [6.07, 6.45) is 4.18. The highest BCUT2D eigenvalue weighted by molar-refractivity contribution is 5.40. The number of rotatable bonds is 3. The maximum absolute atomic E-state index is 3.52. The van der Waals surface area contributed by atoms with Crippen molar-refractivity contribution in [3.8, 4) is 0 Å². The highest BCUT2D eigenvalue weighted by atomic mass is 14.9. The Hall–Kier alpha value is -0.820. The van der Waals surface area contributed by atoms with E-state index in [0.717, 1.165) is 5.92 Å². The van der Waals surface area contributed by atoms with Gasteiger partial charge in [0.2, 0.25) is 0 Å². The second kappa shape index (κ2) is 4.58. The smallest absolute Gasteiger partial charge is 0.0351 e. The van der Waals surface area contributed by atoms with Crippen LogP contribution in [0.25, 0.3) is 0 Å². The Kier molecular flexibility index (Phi) is 3.34. The van der Waals surface area contributed by atoms with Gasteiger partial charge in [-0.25, -0.2) is 0 Å². The number of benzene rings is 1. The fourth-order valence-corrected chi connectivity index (χ4v) is 3.07. The molecule has 1 N–H and O–H groups in total. The molecule has 1 fully saturated rings. The summed E-state index contributed by atoms with van der Waals surface area (Å²) in [5, 5.41) is 3.52. The molecule has 1 aliphatic rings. The van der Waals surface area contributed by atoms with Gasteiger partial charge in [-0.1, -0.05) is 24.1 Å². The molecule has 88 valence electrons. The zero-order valence-corrected chi connectivity index (χ0v) is 10.9. The normalized spacial score (nSPS) is 18.2. The third-order valence-corrected chi connectivity index (χ3v) is 3.98. The fraction of sp³-hybridized carbons (Fsp3) is 0.600. The maximum Gasteiger partial charge on any atom is 0.0351 e. The molecule has 16 heavy (non-hydrogen) atoms. The molecule has 2 rings (SSSR count). The number of hydrogen-bond acceptors (Lipinski definition) is 1. The molecule has 0 aliphatic heterocycles. The molecule has 1 nitrogen and oxygen atoms in total. The monoisotopic (exact) mass is 217 g/mol. The van der Waals surface area contributed by atoms with Gasteiger partial charge in [-0.2, -0.15) is 0 Å². The van der Waals surface area contributed by atoms with Crippen molar-refractivity contribution in [1.82, 2.24) is 5.32 Å². The fourth-order valence-electron chi connectivity index (χ4n) is 3.07. The number of hydrogen-bond donors (Lipinski definition) is 1. The molecule has 0 bridgehead atoms. The molecule has 1 atom stereocenters. The predicted octanol–water partition coefficient (Wildman–Crippen LogP) is 3.67. The molecule has 0 radical (unpaired) electrons. The van der Waals surface area contributed by atoms with E-state index in [1.807, 2.05) is 0 Å². The van der Waals surface area contributed by atoms with Gasteiger partial charge in [0, 0.05) is 6.04 Å². The van der Waals surface area contributed by atoms with E-state index in [0.29, 0.717) is 6.04 Å². The van der Waals surface area contributed by atoms with Crippen molar-refractivity contribution in [1.29, 1.82) is 0 Å². The first-order chi connectivity index (χ1) is 7.63. The number of aryl methyl sites for hydroxylation is 3. The number of nitrogens with one attached hydrogen (secondary N) is 1. The van der Waals surface area contributed by atoms with Gasteiger partial charge in [-0.05, 0) is 63.3 Å². The molecule has 1 unspecified atom stereocenters. The molecule has 0 saturated heterocycles. The van der Waals surface area contributed by atoms with Crippen LogP contribution in [-0.4, -0.2) is 7.05 Å². The Labute approximate surface area is 99.3 Å². The highest BCUT2D eigenvalue weighted by Gasteiger charge is 2.29. The summed E-state index contributed by atoms with van der Waals surface area (Å²) in [5.74, 6) is 0.852. The van der Waals surface area contributed by atoms with E-state index in [9.17, 15) is 0 Å². The Bertz CT molecular complexity index is 354. The van der Waals surface area contributed by atoms with E-state index in [1.54, 1.807) is 0 Å². The minimum absolute atomic E-state index is 0.564. The van der Waals surface area contributed by atoms with Gasteiger partial charge in [0.25, 0.3) is 0 Å². The van der Waals surface area contributed by atoms with Crippen molar-refractivity contribution >= 4 is 0 Å². The standard InChI is InChI=1S/C15H23N/c1-10-8-11(2)14(12(3)9-10)15(16-4)13-6-5-7-13/h8-9,13,15-16H,5-7H2,1-4H3. The third kappa shape index (κ3) is 2.01. The summed E-state index contributed by atoms with van der Waals surface area (Å²) >= 11 is 0. The van der Waals surface area contributed by atoms with Crippen LogP contribution in [0, 0.1) is 26.7 Å². The molecular formula is C15H23N. The van der Waals surface area contributed by atoms with Crippen LogP contribution in [0.1, 0.15) is 47.6 Å². The van der Waals surface area contributed by atoms with Gasteiger partial charge >= 0.3 is 0 Å². The molecule has 1 heteroatoms. The van der Waals surface area contributed by atoms with E-state index in [-0.39, 0.29) is 0 Å². The zero-order chi connectivity index (χ0) is 11.7. The molecule has 0 spiro atoms. The highest BCUT2D eigenvalue weighted by Crippen LogP contribution is 2.39. The van der Waals surface area contributed by atoms with Crippen LogP contribution in [0.2, 0.25) is 0 Å². The summed E-state index contributed by atoms with van der Waals surface area (Å²) < 4.78 is 0. The third-order valence-electron chi connectivity index (χ3n) is 3.98. The second-order valence-electron chi connectivity index (χ2n) is 5.27. The average Bonchev–Trinajstić information content (AvgIpc) is 2.11. The van der Waals surface area contributed by atoms with Gasteiger partial charge in [0.15, 0.2) is 0 Å². The summed E-state index contributed by atoms with van der Waals surface area (Å²) in [6.45, 7) is 6.68. The van der Waals surface area contributed by atoms with E-state index in [2.05, 4.69) is 45.3 Å². The lowest BCUT2D eigenvalue weighted by Gasteiger charge is -2.35. The molecular weight excluding hydrogens is 194 g/mol. The van der Waals surface area contributed by atoms with Crippen LogP contribution in [0.3, 0.4) is 0 Å². The summed E-state index contributed by atoms with van der Waals surface area (Å²) in [5.41, 5.74) is 5.81. The van der Waals surface area contributed by atoms with E-state index >= 15 is 0 Å². The van der Waals surface area contributed by atoms with Gasteiger partial charge in [0.1, 0.15) is 0 Å². The van der Waals surface area contributed by atoms with Crippen molar-refractivity contribution in [2.24, 2.45) is 5.92 Å². The van der Waals surface area contributed by atoms with Crippen molar-refractivity contribution in [2.75, 3.05) is 7.05 Å². The average molecular weight is 217 g/mol. The lowest BCUT2D eigenvalue weighted by atomic mass is 9.75. The minimum atomic E-state index is 0.564. The first-order valence-corrected chi connectivity index (χ1v) is 6.38. The molecule has 1 aromatic rings. The summed E-state index contributed by atoms with van der Waals surface area (Å²) in [7, 11) is 2.10. The Morgan fingerprint density at radius 1 is 1.12 bits per heavy atom. The van der Waals surface area contributed by atoms with Gasteiger partial charge in [-0.15, -0.1) is 0 Å². The SMILES string of the molecule is CNC(c1c(C)cc(C)cc1C)C1CCC1. The van der Waals surface area contributed by atoms with Crippen molar-refractivity contribution in [2.45, 2.75) is 46.1 Å². The Morgan fingerprint density at radius 3 is 2.06 bits per heavy atom. The topological polar surface area (TPSA) is 12.0 Å². The first kappa shape index (κ1) is 11.7. The molecule has 0 amide bonds. The minimum Gasteiger partial charge on any atom is -0.313 e. The van der Waals surface area contributed by atoms with E-state index < -0.39 is 0 Å². The lowest BCUT2D eigenvalue weighted by Crippen LogP contribution is -2.31. The van der Waals surface area contributed by atoms with Crippen LogP contribution >= 0.6 is 0 Å². The predicted molar refractivity (Wildman–Crippen MR) is 69.8 cm³/mol. The van der Waals surface area contributed by atoms with Crippen molar-refractivity contribution < 1.29 is 0 Å². The maximum atomic E-state index is 3.52. The quantitative estimate of drug-likeness (QED) is 0.814. The molecule has 1 aromatic carbocycles. The van der Waals surface area contributed by atoms with E-state index in [4.69, 9.17) is 0 Å². The van der Waals surface area contributed by atoms with Crippen molar-refractivity contribution in [3.63, 3.8) is 0 Å². The lowest BCUT2D eigenvalue weighted by molar-refractivity contribution is 0.238. The van der Waals surface area contributed by atoms with Crippen LogP contribution in [0.15, 0.2) is 12.1 Å². The largest absolute Gasteiger partial charge is 0.313 e. The zero-order valence-electron chi connectivity index (χ0n) is 10.9. The van der Waals surface area contributed by atoms with Crippen molar-refractivity contribution in [3.05, 3.63) is 34.4 Å². The molecule has 0 heterocycles. The summed E-state index contributed by atoms with van der Waals surface area (Å²) in [4.78, 5) is 0. The molecule has 1 aliphatic carbocycles. The van der Waals surface area contributed by atoms with Crippen LogP contribution in [0.5, 0.6) is 0 Å². The first-order valence-electron chi connectivity index (χ1n) is 6.38. The summed E-state index contributed by atoms with van der Waals surface area (Å²) in [6, 6.07) is 5.19. The van der Waals surface area contributed by atoms with Crippen LogP contribution < -0.4 is 5.32 Å². The van der Waals surface area contributed by atoms with Gasteiger partial charge < -0.3 is 5.32 Å². The van der Waals surface area contributed by atoms with E-state index in [1.165, 1.54) is 41.5 Å². The Balaban J connectivity index is 2.36. The van der Waals surface area contributed by atoms with Gasteiger partial charge in [0.05, 0.1) is 0 Å². The Morgan fingerprint density at radius 2 is 1.69 bits per heavy atom. The molecule has 1 saturated carbocycles. The van der Waals surface area contributed by atoms with Crippen LogP contribution in [0.4, 0.5) is 0 Å².